The number of hydrogen-bond acceptors (Lipinski definition) is 1. The van der Waals surface area contributed by atoms with Crippen LogP contribution in [-0.2, 0) is 0 Å². The standard InChI is InChI=1S/C16H22BrN/c17-16-9-5-4-8-15(16)12-10-14(11-12)18-13-6-2-1-3-7-13/h4-5,8-9,12-14,18H,1-3,6-7,10-11H2. The molecule has 3 rings (SSSR count). The number of rotatable bonds is 3. The summed E-state index contributed by atoms with van der Waals surface area (Å²) in [5.74, 6) is 0.765. The molecule has 0 bridgehead atoms. The third-order valence-corrected chi connectivity index (χ3v) is 5.28. The van der Waals surface area contributed by atoms with Crippen molar-refractivity contribution in [3.05, 3.63) is 34.3 Å². The second kappa shape index (κ2) is 5.75. The highest BCUT2D eigenvalue weighted by atomic mass is 79.9. The van der Waals surface area contributed by atoms with Gasteiger partial charge in [0.15, 0.2) is 0 Å². The van der Waals surface area contributed by atoms with Gasteiger partial charge in [0, 0.05) is 16.6 Å². The van der Waals surface area contributed by atoms with E-state index in [1.165, 1.54) is 55.0 Å². The Balaban J connectivity index is 1.49. The fraction of sp³-hybridized carbons (Fsp3) is 0.625. The molecule has 0 amide bonds. The van der Waals surface area contributed by atoms with Gasteiger partial charge in [-0.05, 0) is 43.2 Å². The van der Waals surface area contributed by atoms with Crippen molar-refractivity contribution in [1.82, 2.24) is 5.32 Å². The summed E-state index contributed by atoms with van der Waals surface area (Å²) >= 11 is 3.67. The highest BCUT2D eigenvalue weighted by Crippen LogP contribution is 2.40. The molecule has 2 aliphatic carbocycles. The van der Waals surface area contributed by atoms with Gasteiger partial charge in [-0.25, -0.2) is 0 Å². The summed E-state index contributed by atoms with van der Waals surface area (Å²) in [6, 6.07) is 10.3. The zero-order valence-electron chi connectivity index (χ0n) is 10.9. The van der Waals surface area contributed by atoms with Crippen LogP contribution in [0.25, 0.3) is 0 Å². The van der Waals surface area contributed by atoms with Crippen LogP contribution in [-0.4, -0.2) is 12.1 Å². The van der Waals surface area contributed by atoms with Crippen molar-refractivity contribution in [1.29, 1.82) is 0 Å². The van der Waals surface area contributed by atoms with E-state index in [9.17, 15) is 0 Å². The highest BCUT2D eigenvalue weighted by molar-refractivity contribution is 9.10. The lowest BCUT2D eigenvalue weighted by atomic mass is 9.75. The molecule has 98 valence electrons. The Labute approximate surface area is 118 Å². The van der Waals surface area contributed by atoms with Gasteiger partial charge in [0.25, 0.3) is 0 Å². The van der Waals surface area contributed by atoms with Crippen molar-refractivity contribution >= 4 is 15.9 Å². The number of hydrogen-bond donors (Lipinski definition) is 1. The molecule has 0 aromatic heterocycles. The second-order valence-corrected chi connectivity index (χ2v) is 6.74. The van der Waals surface area contributed by atoms with Gasteiger partial charge in [0.2, 0.25) is 0 Å². The quantitative estimate of drug-likeness (QED) is 0.859. The molecule has 1 N–H and O–H groups in total. The van der Waals surface area contributed by atoms with Crippen LogP contribution in [0.3, 0.4) is 0 Å². The lowest BCUT2D eigenvalue weighted by Crippen LogP contribution is -2.46. The topological polar surface area (TPSA) is 12.0 Å². The molecule has 0 atom stereocenters. The molecule has 18 heavy (non-hydrogen) atoms. The monoisotopic (exact) mass is 307 g/mol. The van der Waals surface area contributed by atoms with Crippen molar-refractivity contribution in [3.8, 4) is 0 Å². The summed E-state index contributed by atoms with van der Waals surface area (Å²) in [7, 11) is 0. The Kier molecular flexibility index (Phi) is 4.05. The summed E-state index contributed by atoms with van der Waals surface area (Å²) < 4.78 is 1.28. The Hall–Kier alpha value is -0.340. The molecule has 1 aromatic rings. The van der Waals surface area contributed by atoms with Gasteiger partial charge in [-0.2, -0.15) is 0 Å². The lowest BCUT2D eigenvalue weighted by Gasteiger charge is -2.40. The molecule has 0 radical (unpaired) electrons. The third kappa shape index (κ3) is 2.80. The molecule has 2 fully saturated rings. The molecular formula is C16H22BrN. The van der Waals surface area contributed by atoms with Gasteiger partial charge in [0.05, 0.1) is 0 Å². The molecule has 0 saturated heterocycles. The Bertz CT molecular complexity index is 392. The van der Waals surface area contributed by atoms with Crippen molar-refractivity contribution < 1.29 is 0 Å². The summed E-state index contributed by atoms with van der Waals surface area (Å²) in [6.07, 6.45) is 9.74. The predicted molar refractivity (Wildman–Crippen MR) is 79.9 cm³/mol. The van der Waals surface area contributed by atoms with Gasteiger partial charge in [-0.3, -0.25) is 0 Å². The van der Waals surface area contributed by atoms with Crippen LogP contribution < -0.4 is 5.32 Å². The molecule has 0 aliphatic heterocycles. The van der Waals surface area contributed by atoms with Crippen molar-refractivity contribution in [2.75, 3.05) is 0 Å². The first-order valence-electron chi connectivity index (χ1n) is 7.33. The summed E-state index contributed by atoms with van der Waals surface area (Å²) in [4.78, 5) is 0. The molecule has 2 aliphatic rings. The smallest absolute Gasteiger partial charge is 0.0210 e. The maximum Gasteiger partial charge on any atom is 0.0210 e. The van der Waals surface area contributed by atoms with E-state index in [0.717, 1.165) is 18.0 Å². The van der Waals surface area contributed by atoms with Crippen LogP contribution in [0.2, 0.25) is 0 Å². The van der Waals surface area contributed by atoms with E-state index in [2.05, 4.69) is 45.5 Å². The van der Waals surface area contributed by atoms with E-state index < -0.39 is 0 Å². The molecule has 1 nitrogen and oxygen atoms in total. The van der Waals surface area contributed by atoms with E-state index in [-0.39, 0.29) is 0 Å². The van der Waals surface area contributed by atoms with E-state index in [1.54, 1.807) is 0 Å². The van der Waals surface area contributed by atoms with Crippen LogP contribution in [0.15, 0.2) is 28.7 Å². The first kappa shape index (κ1) is 12.7. The van der Waals surface area contributed by atoms with Crippen molar-refractivity contribution in [3.63, 3.8) is 0 Å². The van der Waals surface area contributed by atoms with Gasteiger partial charge < -0.3 is 5.32 Å². The second-order valence-electron chi connectivity index (χ2n) is 5.89. The van der Waals surface area contributed by atoms with Crippen molar-refractivity contribution in [2.24, 2.45) is 0 Å². The van der Waals surface area contributed by atoms with Crippen molar-refractivity contribution in [2.45, 2.75) is 62.9 Å². The normalized spacial score (nSPS) is 28.9. The van der Waals surface area contributed by atoms with E-state index >= 15 is 0 Å². The fourth-order valence-electron chi connectivity index (χ4n) is 3.42. The molecule has 0 heterocycles. The Morgan fingerprint density at radius 3 is 2.39 bits per heavy atom. The molecule has 0 unspecified atom stereocenters. The molecular weight excluding hydrogens is 286 g/mol. The van der Waals surface area contributed by atoms with E-state index in [0.29, 0.717) is 0 Å². The molecule has 2 saturated carbocycles. The minimum absolute atomic E-state index is 0.765. The Morgan fingerprint density at radius 2 is 1.67 bits per heavy atom. The minimum atomic E-state index is 0.765. The molecule has 2 heteroatoms. The summed E-state index contributed by atoms with van der Waals surface area (Å²) in [5.41, 5.74) is 1.50. The van der Waals surface area contributed by atoms with E-state index in [1.807, 2.05) is 0 Å². The van der Waals surface area contributed by atoms with Gasteiger partial charge in [0.1, 0.15) is 0 Å². The fourth-order valence-corrected chi connectivity index (χ4v) is 4.03. The first-order valence-corrected chi connectivity index (χ1v) is 8.12. The van der Waals surface area contributed by atoms with E-state index in [4.69, 9.17) is 0 Å². The highest BCUT2D eigenvalue weighted by Gasteiger charge is 2.32. The molecule has 0 spiro atoms. The SMILES string of the molecule is Brc1ccccc1C1CC(NC2CCCCC2)C1. The van der Waals surface area contributed by atoms with Gasteiger partial charge in [-0.15, -0.1) is 0 Å². The lowest BCUT2D eigenvalue weighted by molar-refractivity contribution is 0.238. The third-order valence-electron chi connectivity index (χ3n) is 4.56. The summed E-state index contributed by atoms with van der Waals surface area (Å²) in [5, 5.41) is 3.86. The maximum atomic E-state index is 3.86. The van der Waals surface area contributed by atoms with Crippen LogP contribution in [0.4, 0.5) is 0 Å². The minimum Gasteiger partial charge on any atom is -0.311 e. The first-order chi connectivity index (χ1) is 8.83. The average molecular weight is 308 g/mol. The zero-order chi connectivity index (χ0) is 12.4. The van der Waals surface area contributed by atoms with Crippen LogP contribution >= 0.6 is 15.9 Å². The largest absolute Gasteiger partial charge is 0.311 e. The molecule has 1 aromatic carbocycles. The average Bonchev–Trinajstić information content (AvgIpc) is 2.36. The number of nitrogens with one attached hydrogen (secondary N) is 1. The van der Waals surface area contributed by atoms with Crippen LogP contribution in [0, 0.1) is 0 Å². The maximum absolute atomic E-state index is 3.86. The number of halogens is 1. The van der Waals surface area contributed by atoms with Crippen LogP contribution in [0.1, 0.15) is 56.4 Å². The van der Waals surface area contributed by atoms with Gasteiger partial charge >= 0.3 is 0 Å². The van der Waals surface area contributed by atoms with Crippen LogP contribution in [0.5, 0.6) is 0 Å². The Morgan fingerprint density at radius 1 is 0.944 bits per heavy atom. The zero-order valence-corrected chi connectivity index (χ0v) is 12.5. The number of benzene rings is 1. The predicted octanol–water partition coefficient (Wildman–Crippen LogP) is 4.62. The summed E-state index contributed by atoms with van der Waals surface area (Å²) in [6.45, 7) is 0. The van der Waals surface area contributed by atoms with Gasteiger partial charge in [-0.1, -0.05) is 53.4 Å².